The third-order valence-electron chi connectivity index (χ3n) is 4.09. The molecule has 1 aromatic heterocycles. The molecule has 1 aromatic carbocycles. The van der Waals surface area contributed by atoms with Crippen LogP contribution in [-0.4, -0.2) is 22.8 Å². The summed E-state index contributed by atoms with van der Waals surface area (Å²) in [4.78, 5) is 4.75. The van der Waals surface area contributed by atoms with Crippen LogP contribution in [0.15, 0.2) is 18.2 Å². The molecule has 3 nitrogen and oxygen atoms in total. The van der Waals surface area contributed by atoms with Gasteiger partial charge in [0.2, 0.25) is 0 Å². The van der Waals surface area contributed by atoms with E-state index in [9.17, 15) is 0 Å². The normalized spacial score (nSPS) is 22.3. The van der Waals surface area contributed by atoms with Crippen LogP contribution in [0.3, 0.4) is 0 Å². The van der Waals surface area contributed by atoms with Crippen LogP contribution >= 0.6 is 34.2 Å². The Labute approximate surface area is 137 Å². The molecule has 108 valence electrons. The molecule has 0 N–H and O–H groups in total. The van der Waals surface area contributed by atoms with Crippen LogP contribution in [0.5, 0.6) is 0 Å². The van der Waals surface area contributed by atoms with E-state index in [2.05, 4.69) is 52.3 Å². The molecule has 1 saturated heterocycles. The summed E-state index contributed by atoms with van der Waals surface area (Å²) in [6, 6.07) is 6.76. The molecule has 1 aliphatic heterocycles. The highest BCUT2D eigenvalue weighted by atomic mass is 127. The van der Waals surface area contributed by atoms with E-state index in [1.54, 1.807) is 0 Å². The van der Waals surface area contributed by atoms with Crippen molar-refractivity contribution in [3.63, 3.8) is 0 Å². The molecule has 0 aliphatic carbocycles. The predicted octanol–water partition coefficient (Wildman–Crippen LogP) is 4.54. The first kappa shape index (κ1) is 14.6. The summed E-state index contributed by atoms with van der Waals surface area (Å²) < 4.78 is 9.05. The van der Waals surface area contributed by atoms with Gasteiger partial charge in [-0.3, -0.25) is 0 Å². The topological polar surface area (TPSA) is 27.1 Å². The van der Waals surface area contributed by atoms with Crippen molar-refractivity contribution in [2.75, 3.05) is 13.2 Å². The zero-order valence-corrected chi connectivity index (χ0v) is 14.6. The van der Waals surface area contributed by atoms with Crippen LogP contribution in [0.1, 0.15) is 37.5 Å². The van der Waals surface area contributed by atoms with Gasteiger partial charge in [0.05, 0.1) is 23.0 Å². The molecule has 0 amide bonds. The molecule has 0 radical (unpaired) electrons. The second-order valence-corrected chi connectivity index (χ2v) is 7.35. The van der Waals surface area contributed by atoms with Gasteiger partial charge in [-0.05, 0) is 61.1 Å². The molecule has 0 spiro atoms. The maximum absolute atomic E-state index is 6.35. The Morgan fingerprint density at radius 3 is 2.90 bits per heavy atom. The molecule has 3 unspecified atom stereocenters. The van der Waals surface area contributed by atoms with Crippen LogP contribution in [0.4, 0.5) is 0 Å². The van der Waals surface area contributed by atoms with Gasteiger partial charge < -0.3 is 9.30 Å². The number of fused-ring (bicyclic) bond motifs is 1. The van der Waals surface area contributed by atoms with E-state index >= 15 is 0 Å². The fourth-order valence-electron chi connectivity index (χ4n) is 2.94. The summed E-state index contributed by atoms with van der Waals surface area (Å²) in [5.41, 5.74) is 2.21. The van der Waals surface area contributed by atoms with Gasteiger partial charge >= 0.3 is 0 Å². The van der Waals surface area contributed by atoms with Gasteiger partial charge in [0.25, 0.3) is 0 Å². The Kier molecular flexibility index (Phi) is 4.24. The SMILES string of the molecule is CC(Cl)c1nc2cc(I)ccc2n1C(C)C1CCOC1. The Morgan fingerprint density at radius 1 is 1.45 bits per heavy atom. The highest BCUT2D eigenvalue weighted by Gasteiger charge is 2.27. The first-order valence-electron chi connectivity index (χ1n) is 6.97. The van der Waals surface area contributed by atoms with Crippen molar-refractivity contribution in [2.24, 2.45) is 5.92 Å². The summed E-state index contributed by atoms with van der Waals surface area (Å²) in [5, 5.41) is -0.0927. The maximum Gasteiger partial charge on any atom is 0.127 e. The monoisotopic (exact) mass is 404 g/mol. The quantitative estimate of drug-likeness (QED) is 0.555. The molecular formula is C15H18ClIN2O. The van der Waals surface area contributed by atoms with Crippen molar-refractivity contribution in [1.82, 2.24) is 9.55 Å². The van der Waals surface area contributed by atoms with E-state index in [-0.39, 0.29) is 5.38 Å². The van der Waals surface area contributed by atoms with Crippen LogP contribution < -0.4 is 0 Å². The van der Waals surface area contributed by atoms with Crippen LogP contribution in [0.2, 0.25) is 0 Å². The minimum absolute atomic E-state index is 0.0927. The van der Waals surface area contributed by atoms with E-state index < -0.39 is 0 Å². The lowest BCUT2D eigenvalue weighted by Crippen LogP contribution is -2.19. The minimum atomic E-state index is -0.0927. The second-order valence-electron chi connectivity index (χ2n) is 5.45. The summed E-state index contributed by atoms with van der Waals surface area (Å²) in [6.07, 6.45) is 1.11. The van der Waals surface area contributed by atoms with Gasteiger partial charge in [0, 0.05) is 22.1 Å². The lowest BCUT2D eigenvalue weighted by molar-refractivity contribution is 0.175. The number of aromatic nitrogens is 2. The molecule has 20 heavy (non-hydrogen) atoms. The molecule has 1 fully saturated rings. The van der Waals surface area contributed by atoms with Crippen molar-refractivity contribution in [3.05, 3.63) is 27.6 Å². The lowest BCUT2D eigenvalue weighted by atomic mass is 10.00. The molecule has 3 atom stereocenters. The van der Waals surface area contributed by atoms with Gasteiger partial charge in [-0.25, -0.2) is 4.98 Å². The predicted molar refractivity (Wildman–Crippen MR) is 90.4 cm³/mol. The third-order valence-corrected chi connectivity index (χ3v) is 4.96. The standard InChI is InChI=1S/C15H18ClIN2O/c1-9(16)15-18-13-7-12(17)3-4-14(13)19(15)10(2)11-5-6-20-8-11/h3-4,7,9-11H,5-6,8H2,1-2H3. The van der Waals surface area contributed by atoms with E-state index in [1.807, 2.05) is 6.92 Å². The number of hydrogen-bond donors (Lipinski definition) is 0. The van der Waals surface area contributed by atoms with E-state index in [0.29, 0.717) is 12.0 Å². The zero-order chi connectivity index (χ0) is 14.3. The summed E-state index contributed by atoms with van der Waals surface area (Å²) in [7, 11) is 0. The van der Waals surface area contributed by atoms with Crippen molar-refractivity contribution < 1.29 is 4.74 Å². The van der Waals surface area contributed by atoms with Crippen LogP contribution in [0, 0.1) is 9.49 Å². The van der Waals surface area contributed by atoms with E-state index in [0.717, 1.165) is 31.0 Å². The number of hydrogen-bond acceptors (Lipinski definition) is 2. The number of alkyl halides is 1. The van der Waals surface area contributed by atoms with Crippen LogP contribution in [0.25, 0.3) is 11.0 Å². The van der Waals surface area contributed by atoms with Crippen molar-refractivity contribution in [2.45, 2.75) is 31.7 Å². The summed E-state index contributed by atoms with van der Waals surface area (Å²) in [5.74, 6) is 1.50. The third kappa shape index (κ3) is 2.57. The highest BCUT2D eigenvalue weighted by molar-refractivity contribution is 14.1. The van der Waals surface area contributed by atoms with Gasteiger partial charge in [-0.1, -0.05) is 0 Å². The molecule has 1 aliphatic rings. The molecule has 2 aromatic rings. The highest BCUT2D eigenvalue weighted by Crippen LogP contribution is 2.34. The number of ether oxygens (including phenoxy) is 1. The van der Waals surface area contributed by atoms with Gasteiger partial charge in [0.15, 0.2) is 0 Å². The number of imidazole rings is 1. The van der Waals surface area contributed by atoms with Crippen LogP contribution in [-0.2, 0) is 4.74 Å². The van der Waals surface area contributed by atoms with Gasteiger partial charge in [0.1, 0.15) is 5.82 Å². The van der Waals surface area contributed by atoms with Crippen molar-refractivity contribution >= 4 is 45.2 Å². The Hall–Kier alpha value is -0.330. The average molecular weight is 405 g/mol. The minimum Gasteiger partial charge on any atom is -0.381 e. The maximum atomic E-state index is 6.35. The molecule has 5 heteroatoms. The van der Waals surface area contributed by atoms with Crippen molar-refractivity contribution in [1.29, 1.82) is 0 Å². The second kappa shape index (κ2) is 5.81. The molecule has 3 rings (SSSR count). The summed E-state index contributed by atoms with van der Waals surface area (Å²) >= 11 is 8.67. The number of rotatable bonds is 3. The van der Waals surface area contributed by atoms with Gasteiger partial charge in [-0.15, -0.1) is 11.6 Å². The first-order chi connectivity index (χ1) is 9.58. The molecule has 2 heterocycles. The largest absolute Gasteiger partial charge is 0.381 e. The first-order valence-corrected chi connectivity index (χ1v) is 8.48. The fraction of sp³-hybridized carbons (Fsp3) is 0.533. The fourth-order valence-corrected chi connectivity index (χ4v) is 3.57. The average Bonchev–Trinajstić information content (AvgIpc) is 3.04. The molecular weight excluding hydrogens is 387 g/mol. The van der Waals surface area contributed by atoms with E-state index in [1.165, 1.54) is 9.09 Å². The lowest BCUT2D eigenvalue weighted by Gasteiger charge is -2.23. The number of benzene rings is 1. The molecule has 0 bridgehead atoms. The number of halogens is 2. The number of nitrogens with zero attached hydrogens (tertiary/aromatic N) is 2. The Bertz CT molecular complexity index is 620. The Morgan fingerprint density at radius 2 is 2.25 bits per heavy atom. The molecule has 0 saturated carbocycles. The zero-order valence-electron chi connectivity index (χ0n) is 11.6. The van der Waals surface area contributed by atoms with Crippen molar-refractivity contribution in [3.8, 4) is 0 Å². The smallest absolute Gasteiger partial charge is 0.127 e. The summed E-state index contributed by atoms with van der Waals surface area (Å²) in [6.45, 7) is 5.94. The Balaban J connectivity index is 2.13. The van der Waals surface area contributed by atoms with Gasteiger partial charge in [-0.2, -0.15) is 0 Å². The van der Waals surface area contributed by atoms with E-state index in [4.69, 9.17) is 21.3 Å².